The highest BCUT2D eigenvalue weighted by atomic mass is 16.6. The van der Waals surface area contributed by atoms with Gasteiger partial charge in [0.15, 0.2) is 23.0 Å². The molecule has 0 spiro atoms. The van der Waals surface area contributed by atoms with E-state index in [2.05, 4.69) is 19.2 Å². The van der Waals surface area contributed by atoms with Crippen molar-refractivity contribution in [3.8, 4) is 28.7 Å². The molecule has 1 aliphatic rings. The van der Waals surface area contributed by atoms with Gasteiger partial charge in [0, 0.05) is 13.1 Å². The molecule has 28 heavy (non-hydrogen) atoms. The molecule has 152 valence electrons. The van der Waals surface area contributed by atoms with Crippen LogP contribution in [-0.4, -0.2) is 46.1 Å². The van der Waals surface area contributed by atoms with Crippen molar-refractivity contribution in [2.75, 3.05) is 33.9 Å². The highest BCUT2D eigenvalue weighted by Crippen LogP contribution is 2.37. The predicted octanol–water partition coefficient (Wildman–Crippen LogP) is 3.54. The van der Waals surface area contributed by atoms with Crippen molar-refractivity contribution in [2.45, 2.75) is 26.1 Å². The van der Waals surface area contributed by atoms with Crippen molar-refractivity contribution >= 4 is 0 Å². The van der Waals surface area contributed by atoms with Crippen LogP contribution in [0.5, 0.6) is 28.7 Å². The Morgan fingerprint density at radius 1 is 0.929 bits per heavy atom. The van der Waals surface area contributed by atoms with Crippen molar-refractivity contribution in [2.24, 2.45) is 5.92 Å². The lowest BCUT2D eigenvalue weighted by Gasteiger charge is -2.36. The summed E-state index contributed by atoms with van der Waals surface area (Å²) in [5.74, 6) is 3.86. The predicted molar refractivity (Wildman–Crippen MR) is 108 cm³/mol. The van der Waals surface area contributed by atoms with E-state index in [9.17, 15) is 0 Å². The summed E-state index contributed by atoms with van der Waals surface area (Å²) in [5, 5.41) is 3.40. The molecule has 1 N–H and O–H groups in total. The van der Waals surface area contributed by atoms with E-state index in [0.717, 1.165) is 11.5 Å². The van der Waals surface area contributed by atoms with Gasteiger partial charge in [-0.15, -0.1) is 0 Å². The smallest absolute Gasteiger partial charge is 0.203 e. The van der Waals surface area contributed by atoms with E-state index >= 15 is 0 Å². The van der Waals surface area contributed by atoms with Gasteiger partial charge in [-0.1, -0.05) is 32.0 Å². The Bertz CT molecular complexity index is 742. The molecular formula is C22H29NO5. The number of methoxy groups -OCH3 is 2. The molecule has 1 aliphatic heterocycles. The second-order valence-corrected chi connectivity index (χ2v) is 6.97. The van der Waals surface area contributed by atoms with E-state index < -0.39 is 0 Å². The van der Waals surface area contributed by atoms with Gasteiger partial charge in [0.05, 0.1) is 14.2 Å². The van der Waals surface area contributed by atoms with Gasteiger partial charge in [-0.2, -0.15) is 0 Å². The minimum absolute atomic E-state index is 0.00219. The lowest BCUT2D eigenvalue weighted by molar-refractivity contribution is -0.00448. The average molecular weight is 387 g/mol. The molecular weight excluding hydrogens is 358 g/mol. The quantitative estimate of drug-likeness (QED) is 0.664. The Hall–Kier alpha value is -2.60. The van der Waals surface area contributed by atoms with Crippen LogP contribution in [0.1, 0.15) is 13.8 Å². The van der Waals surface area contributed by atoms with Crippen LogP contribution in [0.2, 0.25) is 0 Å². The maximum Gasteiger partial charge on any atom is 0.203 e. The second kappa shape index (κ2) is 9.55. The minimum Gasteiger partial charge on any atom is -0.493 e. The zero-order valence-corrected chi connectivity index (χ0v) is 16.9. The molecule has 0 aromatic heterocycles. The third kappa shape index (κ3) is 4.62. The van der Waals surface area contributed by atoms with Gasteiger partial charge in [-0.05, 0) is 30.2 Å². The summed E-state index contributed by atoms with van der Waals surface area (Å²) in [7, 11) is 3.23. The standard InChI is InChI=1S/C22H29NO5/c1-15(2)21-20(27-16-8-5-6-9-17(16)28-21)14-23-12-13-26-22-18(24-3)10-7-11-19(22)25-4/h5-11,15,20-21,23H,12-14H2,1-4H3/t20-,21+/m1/s1. The summed E-state index contributed by atoms with van der Waals surface area (Å²) in [6, 6.07) is 13.4. The number of hydrogen-bond donors (Lipinski definition) is 1. The van der Waals surface area contributed by atoms with Crippen LogP contribution < -0.4 is 29.0 Å². The van der Waals surface area contributed by atoms with Crippen LogP contribution in [-0.2, 0) is 0 Å². The Balaban J connectivity index is 1.52. The first-order valence-corrected chi connectivity index (χ1v) is 9.61. The third-order valence-electron chi connectivity index (χ3n) is 4.67. The highest BCUT2D eigenvalue weighted by Gasteiger charge is 2.33. The number of hydrogen-bond acceptors (Lipinski definition) is 6. The van der Waals surface area contributed by atoms with E-state index in [4.69, 9.17) is 23.7 Å². The van der Waals surface area contributed by atoms with E-state index in [-0.39, 0.29) is 12.2 Å². The second-order valence-electron chi connectivity index (χ2n) is 6.97. The summed E-state index contributed by atoms with van der Waals surface area (Å²) in [5.41, 5.74) is 0. The molecule has 6 heteroatoms. The first kappa shape index (κ1) is 20.1. The van der Waals surface area contributed by atoms with Crippen LogP contribution in [0, 0.1) is 5.92 Å². The van der Waals surface area contributed by atoms with E-state index in [1.165, 1.54) is 0 Å². The molecule has 0 unspecified atom stereocenters. The maximum absolute atomic E-state index is 6.18. The number of benzene rings is 2. The first-order valence-electron chi connectivity index (χ1n) is 9.61. The molecule has 0 bridgehead atoms. The molecule has 1 heterocycles. The average Bonchev–Trinajstić information content (AvgIpc) is 2.72. The fourth-order valence-corrected chi connectivity index (χ4v) is 3.25. The largest absolute Gasteiger partial charge is 0.493 e. The molecule has 3 rings (SSSR count). The summed E-state index contributed by atoms with van der Waals surface area (Å²) in [6.07, 6.45) is -0.0617. The third-order valence-corrected chi connectivity index (χ3v) is 4.67. The summed E-state index contributed by atoms with van der Waals surface area (Å²) in [6.45, 7) is 6.10. The molecule has 0 saturated carbocycles. The van der Waals surface area contributed by atoms with Crippen LogP contribution >= 0.6 is 0 Å². The van der Waals surface area contributed by atoms with Gasteiger partial charge in [0.2, 0.25) is 5.75 Å². The Morgan fingerprint density at radius 3 is 2.18 bits per heavy atom. The molecule has 0 aliphatic carbocycles. The Kier molecular flexibility index (Phi) is 6.87. The molecule has 0 fully saturated rings. The van der Waals surface area contributed by atoms with Gasteiger partial charge >= 0.3 is 0 Å². The number of ether oxygens (including phenoxy) is 5. The number of para-hydroxylation sites is 3. The molecule has 0 saturated heterocycles. The first-order chi connectivity index (χ1) is 13.6. The summed E-state index contributed by atoms with van der Waals surface area (Å²) < 4.78 is 28.9. The SMILES string of the molecule is COc1cccc(OC)c1OCCNC[C@H]1Oc2ccccc2O[C@H]1C(C)C. The number of nitrogens with one attached hydrogen (secondary N) is 1. The van der Waals surface area contributed by atoms with Gasteiger partial charge in [-0.25, -0.2) is 0 Å². The molecule has 0 radical (unpaired) electrons. The minimum atomic E-state index is -0.0595. The van der Waals surface area contributed by atoms with Crippen molar-refractivity contribution < 1.29 is 23.7 Å². The lowest BCUT2D eigenvalue weighted by atomic mass is 10.00. The fraction of sp³-hybridized carbons (Fsp3) is 0.455. The number of rotatable bonds is 9. The molecule has 0 amide bonds. The van der Waals surface area contributed by atoms with Gasteiger partial charge in [-0.3, -0.25) is 0 Å². The van der Waals surface area contributed by atoms with E-state index in [1.54, 1.807) is 14.2 Å². The lowest BCUT2D eigenvalue weighted by Crippen LogP contribution is -2.49. The van der Waals surface area contributed by atoms with Gasteiger partial charge in [0.25, 0.3) is 0 Å². The van der Waals surface area contributed by atoms with Crippen molar-refractivity contribution in [3.05, 3.63) is 42.5 Å². The van der Waals surface area contributed by atoms with Crippen LogP contribution in [0.25, 0.3) is 0 Å². The zero-order valence-electron chi connectivity index (χ0n) is 16.9. The van der Waals surface area contributed by atoms with E-state index in [0.29, 0.717) is 42.9 Å². The topological polar surface area (TPSA) is 58.2 Å². The summed E-state index contributed by atoms with van der Waals surface area (Å²) >= 11 is 0. The normalized spacial score (nSPS) is 18.0. The zero-order chi connectivity index (χ0) is 19.9. The van der Waals surface area contributed by atoms with Crippen LogP contribution in [0.4, 0.5) is 0 Å². The Labute approximate surface area is 166 Å². The molecule has 6 nitrogen and oxygen atoms in total. The van der Waals surface area contributed by atoms with Gasteiger partial charge < -0.3 is 29.0 Å². The monoisotopic (exact) mass is 387 g/mol. The van der Waals surface area contributed by atoms with Crippen molar-refractivity contribution in [1.82, 2.24) is 5.32 Å². The highest BCUT2D eigenvalue weighted by molar-refractivity contribution is 5.51. The molecule has 2 atom stereocenters. The number of fused-ring (bicyclic) bond motifs is 1. The van der Waals surface area contributed by atoms with E-state index in [1.807, 2.05) is 42.5 Å². The van der Waals surface area contributed by atoms with Gasteiger partial charge in [0.1, 0.15) is 18.8 Å². The van der Waals surface area contributed by atoms with Crippen molar-refractivity contribution in [3.63, 3.8) is 0 Å². The van der Waals surface area contributed by atoms with Crippen molar-refractivity contribution in [1.29, 1.82) is 0 Å². The Morgan fingerprint density at radius 2 is 1.57 bits per heavy atom. The van der Waals surface area contributed by atoms with Crippen LogP contribution in [0.15, 0.2) is 42.5 Å². The summed E-state index contributed by atoms with van der Waals surface area (Å²) in [4.78, 5) is 0. The fourth-order valence-electron chi connectivity index (χ4n) is 3.25. The molecule has 2 aromatic carbocycles. The maximum atomic E-state index is 6.18. The van der Waals surface area contributed by atoms with Crippen LogP contribution in [0.3, 0.4) is 0 Å². The molecule has 2 aromatic rings.